The first-order valence-corrected chi connectivity index (χ1v) is 7.48. The zero-order valence-corrected chi connectivity index (χ0v) is 12.5. The van der Waals surface area contributed by atoms with Gasteiger partial charge in [-0.15, -0.1) is 0 Å². The first-order chi connectivity index (χ1) is 9.65. The Morgan fingerprint density at radius 3 is 2.75 bits per heavy atom. The molecule has 0 N–H and O–H groups in total. The van der Waals surface area contributed by atoms with E-state index < -0.39 is 0 Å². The normalized spacial score (nSPS) is 15.2. The van der Waals surface area contributed by atoms with Crippen molar-refractivity contribution in [3.05, 3.63) is 69.8 Å². The fraction of sp³-hybridized carbons (Fsp3) is 0.300. The van der Waals surface area contributed by atoms with Gasteiger partial charge < -0.3 is 0 Å². The van der Waals surface area contributed by atoms with Gasteiger partial charge in [-0.2, -0.15) is 0 Å². The summed E-state index contributed by atoms with van der Waals surface area (Å²) in [5, 5.41) is 0. The van der Waals surface area contributed by atoms with Crippen LogP contribution in [-0.2, 0) is 19.3 Å². The smallest absolute Gasteiger partial charge is 0.00229 e. The molecule has 0 heterocycles. The van der Waals surface area contributed by atoms with Crippen LogP contribution >= 0.6 is 0 Å². The molecule has 2 aliphatic carbocycles. The number of allylic oxidation sites excluding steroid dienone is 5. The molecular weight excluding hydrogens is 240 g/mol. The monoisotopic (exact) mass is 262 g/mol. The summed E-state index contributed by atoms with van der Waals surface area (Å²) in [6.45, 7) is 8.50. The third kappa shape index (κ3) is 2.43. The van der Waals surface area contributed by atoms with Crippen LogP contribution in [0.3, 0.4) is 0 Å². The molecule has 3 rings (SSSR count). The standard InChI is InChI=1S/C20H22/c1-14(2)6-4-9-19-18-8-5-7-16(18)13-17-11-10-15(3)12-20(17)19/h5-7,10-11,13H,3-4,8-9,12H2,1-2H3. The van der Waals surface area contributed by atoms with E-state index in [2.05, 4.69) is 56.9 Å². The van der Waals surface area contributed by atoms with Gasteiger partial charge in [-0.25, -0.2) is 0 Å². The third-order valence-corrected chi connectivity index (χ3v) is 4.21. The summed E-state index contributed by atoms with van der Waals surface area (Å²) < 4.78 is 0. The van der Waals surface area contributed by atoms with Crippen LogP contribution in [0.2, 0.25) is 0 Å². The highest BCUT2D eigenvalue weighted by molar-refractivity contribution is 5.72. The van der Waals surface area contributed by atoms with Crippen LogP contribution in [0.25, 0.3) is 12.2 Å². The maximum Gasteiger partial charge on any atom is -0.00229 e. The Balaban J connectivity index is 2.03. The van der Waals surface area contributed by atoms with Crippen LogP contribution in [0.4, 0.5) is 0 Å². The molecule has 0 atom stereocenters. The van der Waals surface area contributed by atoms with E-state index in [1.165, 1.54) is 27.8 Å². The molecule has 1 aromatic carbocycles. The Hall–Kier alpha value is -1.82. The lowest BCUT2D eigenvalue weighted by Crippen LogP contribution is -2.06. The Morgan fingerprint density at radius 2 is 1.95 bits per heavy atom. The molecule has 0 heteroatoms. The lowest BCUT2D eigenvalue weighted by molar-refractivity contribution is 0.936. The molecule has 20 heavy (non-hydrogen) atoms. The second-order valence-corrected chi connectivity index (χ2v) is 6.09. The molecule has 0 unspecified atom stereocenters. The van der Waals surface area contributed by atoms with Crippen molar-refractivity contribution < 1.29 is 0 Å². The van der Waals surface area contributed by atoms with Crippen molar-refractivity contribution in [2.24, 2.45) is 0 Å². The number of fused-ring (bicyclic) bond motifs is 2. The first kappa shape index (κ1) is 13.2. The van der Waals surface area contributed by atoms with E-state index in [4.69, 9.17) is 0 Å². The van der Waals surface area contributed by atoms with Crippen LogP contribution in [-0.4, -0.2) is 0 Å². The van der Waals surface area contributed by atoms with Gasteiger partial charge >= 0.3 is 0 Å². The summed E-state index contributed by atoms with van der Waals surface area (Å²) in [5.41, 5.74) is 10.1. The van der Waals surface area contributed by atoms with E-state index in [9.17, 15) is 0 Å². The molecule has 102 valence electrons. The third-order valence-electron chi connectivity index (χ3n) is 4.21. The van der Waals surface area contributed by atoms with E-state index in [1.54, 1.807) is 11.1 Å². The zero-order chi connectivity index (χ0) is 14.1. The Morgan fingerprint density at radius 1 is 1.15 bits per heavy atom. The van der Waals surface area contributed by atoms with E-state index >= 15 is 0 Å². The fourth-order valence-corrected chi connectivity index (χ4v) is 3.22. The molecule has 0 aliphatic heterocycles. The number of hydrogen-bond acceptors (Lipinski definition) is 0. The highest BCUT2D eigenvalue weighted by Crippen LogP contribution is 2.34. The number of rotatable bonds is 3. The molecule has 0 saturated carbocycles. The number of benzene rings is 1. The summed E-state index contributed by atoms with van der Waals surface area (Å²) in [6.07, 6.45) is 15.7. The second-order valence-electron chi connectivity index (χ2n) is 6.09. The molecular formula is C20H22. The second kappa shape index (κ2) is 5.28. The molecule has 0 bridgehead atoms. The van der Waals surface area contributed by atoms with Crippen molar-refractivity contribution in [3.63, 3.8) is 0 Å². The van der Waals surface area contributed by atoms with Gasteiger partial charge in [-0.1, -0.05) is 48.1 Å². The topological polar surface area (TPSA) is 0 Å². The molecule has 2 aliphatic rings. The van der Waals surface area contributed by atoms with Crippen LogP contribution in [0, 0.1) is 0 Å². The predicted molar refractivity (Wildman–Crippen MR) is 88.8 cm³/mol. The SMILES string of the molecule is C=C1C=Cc2cc3c(c(CCC=C(C)C)c2C1)CC=C3. The quantitative estimate of drug-likeness (QED) is 0.650. The van der Waals surface area contributed by atoms with Crippen molar-refractivity contribution in [3.8, 4) is 0 Å². The largest absolute Gasteiger partial charge is 0.0955 e. The minimum absolute atomic E-state index is 1.02. The van der Waals surface area contributed by atoms with Gasteiger partial charge in [-0.3, -0.25) is 0 Å². The first-order valence-electron chi connectivity index (χ1n) is 7.48. The minimum atomic E-state index is 1.02. The van der Waals surface area contributed by atoms with Crippen LogP contribution in [0.1, 0.15) is 48.1 Å². The van der Waals surface area contributed by atoms with E-state index in [1.807, 2.05) is 0 Å². The predicted octanol–water partition coefficient (Wildman–Crippen LogP) is 5.28. The summed E-state index contributed by atoms with van der Waals surface area (Å²) in [7, 11) is 0. The van der Waals surface area contributed by atoms with Gasteiger partial charge in [0, 0.05) is 0 Å². The minimum Gasteiger partial charge on any atom is -0.0955 e. The lowest BCUT2D eigenvalue weighted by atomic mass is 9.84. The molecule has 0 fully saturated rings. The Bertz CT molecular complexity index is 647. The van der Waals surface area contributed by atoms with Crippen molar-refractivity contribution in [2.45, 2.75) is 39.5 Å². The Kier molecular flexibility index (Phi) is 3.48. The highest BCUT2D eigenvalue weighted by Gasteiger charge is 2.19. The van der Waals surface area contributed by atoms with Crippen LogP contribution in [0.15, 0.2) is 42.0 Å². The van der Waals surface area contributed by atoms with Crippen molar-refractivity contribution in [1.82, 2.24) is 0 Å². The highest BCUT2D eigenvalue weighted by atomic mass is 14.2. The van der Waals surface area contributed by atoms with E-state index in [0.717, 1.165) is 25.7 Å². The Labute approximate surface area is 122 Å². The van der Waals surface area contributed by atoms with Crippen molar-refractivity contribution >= 4 is 12.2 Å². The zero-order valence-electron chi connectivity index (χ0n) is 12.5. The van der Waals surface area contributed by atoms with E-state index in [-0.39, 0.29) is 0 Å². The molecule has 0 saturated heterocycles. The van der Waals surface area contributed by atoms with Gasteiger partial charge in [-0.05, 0) is 73.4 Å². The summed E-state index contributed by atoms with van der Waals surface area (Å²) in [6, 6.07) is 2.35. The average Bonchev–Trinajstić information content (AvgIpc) is 2.86. The van der Waals surface area contributed by atoms with Gasteiger partial charge in [0.2, 0.25) is 0 Å². The van der Waals surface area contributed by atoms with Gasteiger partial charge in [0.1, 0.15) is 0 Å². The molecule has 1 aromatic rings. The average molecular weight is 262 g/mol. The van der Waals surface area contributed by atoms with Crippen molar-refractivity contribution in [1.29, 1.82) is 0 Å². The fourth-order valence-electron chi connectivity index (χ4n) is 3.22. The van der Waals surface area contributed by atoms with Crippen LogP contribution < -0.4 is 0 Å². The molecule has 0 aromatic heterocycles. The summed E-state index contributed by atoms with van der Waals surface area (Å²) >= 11 is 0. The van der Waals surface area contributed by atoms with Gasteiger partial charge in [0.15, 0.2) is 0 Å². The molecule has 0 amide bonds. The lowest BCUT2D eigenvalue weighted by Gasteiger charge is -2.21. The van der Waals surface area contributed by atoms with Gasteiger partial charge in [0.25, 0.3) is 0 Å². The number of hydrogen-bond donors (Lipinski definition) is 0. The summed E-state index contributed by atoms with van der Waals surface area (Å²) in [5.74, 6) is 0. The van der Waals surface area contributed by atoms with Gasteiger partial charge in [0.05, 0.1) is 0 Å². The molecule has 0 radical (unpaired) electrons. The van der Waals surface area contributed by atoms with Crippen LogP contribution in [0.5, 0.6) is 0 Å². The summed E-state index contributed by atoms with van der Waals surface area (Å²) in [4.78, 5) is 0. The molecule has 0 nitrogen and oxygen atoms in total. The maximum absolute atomic E-state index is 4.14. The molecule has 0 spiro atoms. The van der Waals surface area contributed by atoms with Crippen molar-refractivity contribution in [2.75, 3.05) is 0 Å². The maximum atomic E-state index is 4.14. The van der Waals surface area contributed by atoms with E-state index in [0.29, 0.717) is 0 Å².